The van der Waals surface area contributed by atoms with E-state index in [-0.39, 0.29) is 16.8 Å². The van der Waals surface area contributed by atoms with Crippen molar-refractivity contribution in [2.75, 3.05) is 0 Å². The molecule has 0 bridgehead atoms. The maximum Gasteiger partial charge on any atom is 0.573 e. The lowest BCUT2D eigenvalue weighted by Crippen LogP contribution is -2.17. The number of carboxylic acid groups (broad SMARTS) is 1. The SMILES string of the molecule is O=C(O)c1conc1-c1ccccc1OC(F)(F)F. The van der Waals surface area contributed by atoms with Gasteiger partial charge >= 0.3 is 12.3 Å². The number of carbonyl (C=O) groups is 1. The number of benzene rings is 1. The number of hydrogen-bond donors (Lipinski definition) is 1. The number of carboxylic acids is 1. The molecule has 0 saturated heterocycles. The Bertz CT molecular complexity index is 606. The van der Waals surface area contributed by atoms with Crippen molar-refractivity contribution in [2.24, 2.45) is 0 Å². The molecule has 0 amide bonds. The summed E-state index contributed by atoms with van der Waals surface area (Å²) in [6.07, 6.45) is -4.05. The van der Waals surface area contributed by atoms with Gasteiger partial charge in [-0.1, -0.05) is 17.3 Å². The Morgan fingerprint density at radius 3 is 2.63 bits per heavy atom. The zero-order valence-corrected chi connectivity index (χ0v) is 9.14. The fourth-order valence-electron chi connectivity index (χ4n) is 1.46. The lowest BCUT2D eigenvalue weighted by molar-refractivity contribution is -0.274. The van der Waals surface area contributed by atoms with Gasteiger partial charge in [-0.25, -0.2) is 4.79 Å². The second kappa shape index (κ2) is 4.63. The van der Waals surface area contributed by atoms with Crippen LogP contribution in [0.3, 0.4) is 0 Å². The van der Waals surface area contributed by atoms with Crippen LogP contribution in [-0.2, 0) is 0 Å². The minimum atomic E-state index is -4.89. The van der Waals surface area contributed by atoms with Gasteiger partial charge in [-0.05, 0) is 12.1 Å². The number of aromatic carboxylic acids is 1. The van der Waals surface area contributed by atoms with E-state index in [1.165, 1.54) is 18.2 Å². The molecular weight excluding hydrogens is 267 g/mol. The van der Waals surface area contributed by atoms with Crippen molar-refractivity contribution in [3.63, 3.8) is 0 Å². The van der Waals surface area contributed by atoms with Gasteiger partial charge in [0.15, 0.2) is 0 Å². The highest BCUT2D eigenvalue weighted by Gasteiger charge is 2.33. The molecule has 1 aromatic heterocycles. The Balaban J connectivity index is 2.50. The lowest BCUT2D eigenvalue weighted by Gasteiger charge is -2.11. The molecule has 8 heteroatoms. The number of ether oxygens (including phenoxy) is 1. The van der Waals surface area contributed by atoms with Crippen LogP contribution in [0, 0.1) is 0 Å². The highest BCUT2D eigenvalue weighted by molar-refractivity contribution is 5.95. The molecule has 100 valence electrons. The topological polar surface area (TPSA) is 72.6 Å². The molecular formula is C11H6F3NO4. The van der Waals surface area contributed by atoms with E-state index in [4.69, 9.17) is 5.11 Å². The number of hydrogen-bond acceptors (Lipinski definition) is 4. The molecule has 5 nitrogen and oxygen atoms in total. The summed E-state index contributed by atoms with van der Waals surface area (Å²) >= 11 is 0. The summed E-state index contributed by atoms with van der Waals surface area (Å²) in [5, 5.41) is 12.3. The normalized spacial score (nSPS) is 11.3. The summed E-state index contributed by atoms with van der Waals surface area (Å²) in [6.45, 7) is 0. The van der Waals surface area contributed by atoms with E-state index in [0.29, 0.717) is 0 Å². The van der Waals surface area contributed by atoms with Gasteiger partial charge in [-0.2, -0.15) is 0 Å². The third-order valence-electron chi connectivity index (χ3n) is 2.17. The summed E-state index contributed by atoms with van der Waals surface area (Å²) < 4.78 is 45.0. The predicted molar refractivity (Wildman–Crippen MR) is 55.6 cm³/mol. The highest BCUT2D eigenvalue weighted by Crippen LogP contribution is 2.34. The molecule has 0 unspecified atom stereocenters. The van der Waals surface area contributed by atoms with Crippen molar-refractivity contribution in [1.82, 2.24) is 5.16 Å². The van der Waals surface area contributed by atoms with Crippen molar-refractivity contribution >= 4 is 5.97 Å². The fourth-order valence-corrected chi connectivity index (χ4v) is 1.46. The molecule has 2 aromatic rings. The van der Waals surface area contributed by atoms with E-state index in [1.807, 2.05) is 0 Å². The van der Waals surface area contributed by atoms with Crippen molar-refractivity contribution in [1.29, 1.82) is 0 Å². The number of alkyl halides is 3. The van der Waals surface area contributed by atoms with Crippen LogP contribution in [-0.4, -0.2) is 22.6 Å². The minimum Gasteiger partial charge on any atom is -0.477 e. The third-order valence-corrected chi connectivity index (χ3v) is 2.17. The van der Waals surface area contributed by atoms with Crippen molar-refractivity contribution in [3.05, 3.63) is 36.1 Å². The van der Waals surface area contributed by atoms with Crippen LogP contribution in [0.5, 0.6) is 5.75 Å². The van der Waals surface area contributed by atoms with Gasteiger partial charge < -0.3 is 14.4 Å². The maximum absolute atomic E-state index is 12.2. The van der Waals surface area contributed by atoms with E-state index in [0.717, 1.165) is 12.3 Å². The van der Waals surface area contributed by atoms with E-state index in [2.05, 4.69) is 14.4 Å². The minimum absolute atomic E-state index is 0.119. The molecule has 1 aromatic carbocycles. The van der Waals surface area contributed by atoms with Crippen LogP contribution in [0.2, 0.25) is 0 Å². The van der Waals surface area contributed by atoms with Gasteiger partial charge in [0.1, 0.15) is 23.3 Å². The Labute approximate surface area is 104 Å². The molecule has 19 heavy (non-hydrogen) atoms. The van der Waals surface area contributed by atoms with Gasteiger partial charge in [-0.3, -0.25) is 0 Å². The smallest absolute Gasteiger partial charge is 0.477 e. The average molecular weight is 273 g/mol. The standard InChI is InChI=1S/C11H6F3NO4/c12-11(13,14)19-8-4-2-1-3-6(8)9-7(10(16)17)5-18-15-9/h1-5H,(H,16,17). The Kier molecular flexibility index (Phi) is 3.16. The van der Waals surface area contributed by atoms with Crippen LogP contribution in [0.25, 0.3) is 11.3 Å². The summed E-state index contributed by atoms with van der Waals surface area (Å²) in [4.78, 5) is 10.9. The Morgan fingerprint density at radius 1 is 1.32 bits per heavy atom. The molecule has 2 rings (SSSR count). The quantitative estimate of drug-likeness (QED) is 0.930. The first-order chi connectivity index (χ1) is 8.88. The number of para-hydroxylation sites is 1. The maximum atomic E-state index is 12.2. The molecule has 0 aliphatic rings. The summed E-state index contributed by atoms with van der Waals surface area (Å²) in [7, 11) is 0. The van der Waals surface area contributed by atoms with Gasteiger partial charge in [0.25, 0.3) is 0 Å². The first-order valence-electron chi connectivity index (χ1n) is 4.91. The Morgan fingerprint density at radius 2 is 2.00 bits per heavy atom. The van der Waals surface area contributed by atoms with Crippen LogP contribution in [0.4, 0.5) is 13.2 Å². The van der Waals surface area contributed by atoms with Crippen LogP contribution < -0.4 is 4.74 Å². The van der Waals surface area contributed by atoms with E-state index >= 15 is 0 Å². The Hall–Kier alpha value is -2.51. The van der Waals surface area contributed by atoms with Gasteiger partial charge in [0, 0.05) is 5.56 Å². The molecule has 1 heterocycles. The molecule has 0 spiro atoms. The fraction of sp³-hybridized carbons (Fsp3) is 0.0909. The van der Waals surface area contributed by atoms with Gasteiger partial charge in [0.2, 0.25) is 0 Å². The van der Waals surface area contributed by atoms with Crippen LogP contribution >= 0.6 is 0 Å². The lowest BCUT2D eigenvalue weighted by atomic mass is 10.1. The average Bonchev–Trinajstić information content (AvgIpc) is 2.76. The van der Waals surface area contributed by atoms with Gasteiger partial charge in [0.05, 0.1) is 0 Å². The highest BCUT2D eigenvalue weighted by atomic mass is 19.4. The van der Waals surface area contributed by atoms with E-state index < -0.39 is 18.1 Å². The molecule has 0 radical (unpaired) electrons. The predicted octanol–water partition coefficient (Wildman–Crippen LogP) is 2.94. The monoisotopic (exact) mass is 273 g/mol. The summed E-state index contributed by atoms with van der Waals surface area (Å²) in [5.74, 6) is -1.91. The summed E-state index contributed by atoms with van der Waals surface area (Å²) in [6, 6.07) is 5.07. The third kappa shape index (κ3) is 2.84. The number of rotatable bonds is 3. The molecule has 0 aliphatic carbocycles. The first-order valence-corrected chi connectivity index (χ1v) is 4.91. The van der Waals surface area contributed by atoms with Crippen molar-refractivity contribution < 1.29 is 32.3 Å². The molecule has 0 saturated carbocycles. The zero-order valence-electron chi connectivity index (χ0n) is 9.14. The number of halogens is 3. The zero-order chi connectivity index (χ0) is 14.0. The van der Waals surface area contributed by atoms with Crippen molar-refractivity contribution in [3.8, 4) is 17.0 Å². The van der Waals surface area contributed by atoms with Crippen molar-refractivity contribution in [2.45, 2.75) is 6.36 Å². The molecule has 0 atom stereocenters. The second-order valence-electron chi connectivity index (χ2n) is 3.43. The molecule has 0 fully saturated rings. The first kappa shape index (κ1) is 12.9. The van der Waals surface area contributed by atoms with E-state index in [9.17, 15) is 18.0 Å². The van der Waals surface area contributed by atoms with Crippen LogP contribution in [0.1, 0.15) is 10.4 Å². The van der Waals surface area contributed by atoms with Crippen LogP contribution in [0.15, 0.2) is 35.1 Å². The second-order valence-corrected chi connectivity index (χ2v) is 3.43. The molecule has 0 aliphatic heterocycles. The summed E-state index contributed by atoms with van der Waals surface area (Å²) in [5.41, 5.74) is -0.698. The molecule has 1 N–H and O–H groups in total. The number of nitrogens with zero attached hydrogens (tertiary/aromatic N) is 1. The van der Waals surface area contributed by atoms with Gasteiger partial charge in [-0.15, -0.1) is 13.2 Å². The largest absolute Gasteiger partial charge is 0.573 e. The van der Waals surface area contributed by atoms with E-state index in [1.54, 1.807) is 0 Å². The number of aromatic nitrogens is 1.